The third kappa shape index (κ3) is 1.38. The standard InChI is InChI=1S/C12H13N3O/c16-12(14-7-1-2-8-14)10-4-3-5-11-13-6-9-15(10)11/h3-6,9H,1-2,7-8H2. The summed E-state index contributed by atoms with van der Waals surface area (Å²) >= 11 is 0. The lowest BCUT2D eigenvalue weighted by atomic mass is 10.3. The van der Waals surface area contributed by atoms with Gasteiger partial charge in [-0.15, -0.1) is 0 Å². The first-order chi connectivity index (χ1) is 7.86. The average molecular weight is 215 g/mol. The highest BCUT2D eigenvalue weighted by Gasteiger charge is 2.21. The summed E-state index contributed by atoms with van der Waals surface area (Å²) in [5.74, 6) is 0.112. The maximum atomic E-state index is 12.2. The molecule has 1 fully saturated rings. The van der Waals surface area contributed by atoms with Crippen LogP contribution in [0.3, 0.4) is 0 Å². The Hall–Kier alpha value is -1.84. The summed E-state index contributed by atoms with van der Waals surface area (Å²) in [6, 6.07) is 5.64. The Balaban J connectivity index is 2.04. The predicted molar refractivity (Wildman–Crippen MR) is 60.3 cm³/mol. The molecule has 0 aromatic carbocycles. The number of carbonyl (C=O) groups is 1. The van der Waals surface area contributed by atoms with Crippen LogP contribution in [0.2, 0.25) is 0 Å². The molecule has 1 amide bonds. The van der Waals surface area contributed by atoms with E-state index in [9.17, 15) is 4.79 Å². The number of likely N-dealkylation sites (tertiary alicyclic amines) is 1. The van der Waals surface area contributed by atoms with Crippen molar-refractivity contribution in [3.8, 4) is 0 Å². The number of hydrogen-bond donors (Lipinski definition) is 0. The van der Waals surface area contributed by atoms with E-state index in [1.807, 2.05) is 33.7 Å². The van der Waals surface area contributed by atoms with Crippen LogP contribution in [0.1, 0.15) is 23.3 Å². The molecule has 2 aromatic rings. The zero-order valence-electron chi connectivity index (χ0n) is 8.97. The van der Waals surface area contributed by atoms with Crippen molar-refractivity contribution in [1.82, 2.24) is 14.3 Å². The molecule has 1 saturated heterocycles. The van der Waals surface area contributed by atoms with Crippen molar-refractivity contribution in [2.75, 3.05) is 13.1 Å². The van der Waals surface area contributed by atoms with Gasteiger partial charge in [-0.2, -0.15) is 0 Å². The van der Waals surface area contributed by atoms with Gasteiger partial charge in [0.05, 0.1) is 0 Å². The SMILES string of the molecule is O=C(c1cccc2nccn12)N1CCCC1. The van der Waals surface area contributed by atoms with E-state index in [4.69, 9.17) is 0 Å². The third-order valence-electron chi connectivity index (χ3n) is 3.04. The van der Waals surface area contributed by atoms with Crippen molar-refractivity contribution in [1.29, 1.82) is 0 Å². The molecule has 0 N–H and O–H groups in total. The molecule has 0 spiro atoms. The number of carbonyl (C=O) groups excluding carboxylic acids is 1. The maximum Gasteiger partial charge on any atom is 0.270 e. The largest absolute Gasteiger partial charge is 0.337 e. The van der Waals surface area contributed by atoms with Crippen LogP contribution in [0.25, 0.3) is 5.65 Å². The van der Waals surface area contributed by atoms with Crippen LogP contribution in [0.15, 0.2) is 30.6 Å². The number of rotatable bonds is 1. The molecule has 0 bridgehead atoms. The molecule has 0 unspecified atom stereocenters. The van der Waals surface area contributed by atoms with Crippen molar-refractivity contribution in [2.24, 2.45) is 0 Å². The molecule has 0 aliphatic carbocycles. The number of amides is 1. The van der Waals surface area contributed by atoms with E-state index in [0.29, 0.717) is 5.69 Å². The van der Waals surface area contributed by atoms with Crippen molar-refractivity contribution in [3.05, 3.63) is 36.3 Å². The maximum absolute atomic E-state index is 12.2. The van der Waals surface area contributed by atoms with Crippen LogP contribution in [-0.2, 0) is 0 Å². The molecule has 0 atom stereocenters. The van der Waals surface area contributed by atoms with Crippen LogP contribution < -0.4 is 0 Å². The lowest BCUT2D eigenvalue weighted by Crippen LogP contribution is -2.29. The second-order valence-corrected chi connectivity index (χ2v) is 4.07. The summed E-state index contributed by atoms with van der Waals surface area (Å²) in [4.78, 5) is 18.3. The van der Waals surface area contributed by atoms with E-state index in [-0.39, 0.29) is 5.91 Å². The van der Waals surface area contributed by atoms with E-state index >= 15 is 0 Å². The van der Waals surface area contributed by atoms with Crippen LogP contribution in [-0.4, -0.2) is 33.3 Å². The molecule has 16 heavy (non-hydrogen) atoms. The Labute approximate surface area is 93.5 Å². The van der Waals surface area contributed by atoms with Gasteiger partial charge in [0.2, 0.25) is 0 Å². The number of hydrogen-bond acceptors (Lipinski definition) is 2. The van der Waals surface area contributed by atoms with Gasteiger partial charge in [0.1, 0.15) is 11.3 Å². The average Bonchev–Trinajstić information content (AvgIpc) is 2.98. The van der Waals surface area contributed by atoms with Crippen LogP contribution in [0, 0.1) is 0 Å². The van der Waals surface area contributed by atoms with Gasteiger partial charge in [-0.3, -0.25) is 9.20 Å². The van der Waals surface area contributed by atoms with Gasteiger partial charge >= 0.3 is 0 Å². The van der Waals surface area contributed by atoms with Gasteiger partial charge in [-0.25, -0.2) is 4.98 Å². The van der Waals surface area contributed by atoms with Crippen LogP contribution in [0.4, 0.5) is 0 Å². The molecule has 1 aliphatic rings. The van der Waals surface area contributed by atoms with E-state index in [1.54, 1.807) is 6.20 Å². The van der Waals surface area contributed by atoms with Crippen molar-refractivity contribution >= 4 is 11.6 Å². The molecule has 0 saturated carbocycles. The van der Waals surface area contributed by atoms with Crippen molar-refractivity contribution < 1.29 is 4.79 Å². The Morgan fingerprint density at radius 1 is 1.25 bits per heavy atom. The number of fused-ring (bicyclic) bond motifs is 1. The van der Waals surface area contributed by atoms with Crippen LogP contribution in [0.5, 0.6) is 0 Å². The number of imidazole rings is 1. The number of pyridine rings is 1. The minimum atomic E-state index is 0.112. The minimum Gasteiger partial charge on any atom is -0.337 e. The van der Waals surface area contributed by atoms with Gasteiger partial charge in [0.25, 0.3) is 5.91 Å². The zero-order chi connectivity index (χ0) is 11.0. The summed E-state index contributed by atoms with van der Waals surface area (Å²) in [6.07, 6.45) is 5.78. The molecule has 2 aromatic heterocycles. The lowest BCUT2D eigenvalue weighted by molar-refractivity contribution is 0.0785. The fourth-order valence-electron chi connectivity index (χ4n) is 2.20. The monoisotopic (exact) mass is 215 g/mol. The first-order valence-corrected chi connectivity index (χ1v) is 5.57. The summed E-state index contributed by atoms with van der Waals surface area (Å²) in [5, 5.41) is 0. The van der Waals surface area contributed by atoms with Crippen LogP contribution >= 0.6 is 0 Å². The van der Waals surface area contributed by atoms with Gasteiger partial charge in [0, 0.05) is 25.5 Å². The molecule has 0 radical (unpaired) electrons. The second-order valence-electron chi connectivity index (χ2n) is 4.07. The quantitative estimate of drug-likeness (QED) is 0.724. The molecule has 4 nitrogen and oxygen atoms in total. The first-order valence-electron chi connectivity index (χ1n) is 5.57. The Kier molecular flexibility index (Phi) is 2.13. The molecular formula is C12H13N3O. The highest BCUT2D eigenvalue weighted by molar-refractivity contribution is 5.93. The van der Waals surface area contributed by atoms with Crippen molar-refractivity contribution in [2.45, 2.75) is 12.8 Å². The summed E-state index contributed by atoms with van der Waals surface area (Å²) < 4.78 is 1.85. The van der Waals surface area contributed by atoms with E-state index in [0.717, 1.165) is 31.6 Å². The highest BCUT2D eigenvalue weighted by atomic mass is 16.2. The minimum absolute atomic E-state index is 0.112. The topological polar surface area (TPSA) is 37.6 Å². The highest BCUT2D eigenvalue weighted by Crippen LogP contribution is 2.14. The molecule has 4 heteroatoms. The van der Waals surface area contributed by atoms with Crippen molar-refractivity contribution in [3.63, 3.8) is 0 Å². The number of nitrogens with zero attached hydrogens (tertiary/aromatic N) is 3. The van der Waals surface area contributed by atoms with Gasteiger partial charge in [-0.1, -0.05) is 6.07 Å². The lowest BCUT2D eigenvalue weighted by Gasteiger charge is -2.15. The van der Waals surface area contributed by atoms with Gasteiger partial charge in [0.15, 0.2) is 0 Å². The fourth-order valence-corrected chi connectivity index (χ4v) is 2.20. The molecule has 3 rings (SSSR count). The first kappa shape index (κ1) is 9.39. The Morgan fingerprint density at radius 2 is 2.06 bits per heavy atom. The molecule has 3 heterocycles. The molecule has 1 aliphatic heterocycles. The third-order valence-corrected chi connectivity index (χ3v) is 3.04. The zero-order valence-corrected chi connectivity index (χ0v) is 8.97. The summed E-state index contributed by atoms with van der Waals surface area (Å²) in [7, 11) is 0. The number of aromatic nitrogens is 2. The van der Waals surface area contributed by atoms with E-state index in [2.05, 4.69) is 4.98 Å². The Morgan fingerprint density at radius 3 is 2.88 bits per heavy atom. The normalized spacial score (nSPS) is 15.9. The fraction of sp³-hybridized carbons (Fsp3) is 0.333. The Bertz CT molecular complexity index is 526. The van der Waals surface area contributed by atoms with E-state index in [1.165, 1.54) is 0 Å². The predicted octanol–water partition coefficient (Wildman–Crippen LogP) is 1.57. The second kappa shape index (κ2) is 3.63. The van der Waals surface area contributed by atoms with Gasteiger partial charge in [-0.05, 0) is 25.0 Å². The summed E-state index contributed by atoms with van der Waals surface area (Å²) in [5.41, 5.74) is 1.53. The molecule has 82 valence electrons. The van der Waals surface area contributed by atoms with E-state index < -0.39 is 0 Å². The molecular weight excluding hydrogens is 202 g/mol. The summed E-state index contributed by atoms with van der Waals surface area (Å²) in [6.45, 7) is 1.76. The smallest absolute Gasteiger partial charge is 0.270 e. The van der Waals surface area contributed by atoms with Gasteiger partial charge < -0.3 is 4.90 Å².